The van der Waals surface area contributed by atoms with Crippen LogP contribution in [0.3, 0.4) is 0 Å². The molecule has 1 aromatic heterocycles. The lowest BCUT2D eigenvalue weighted by atomic mass is 10.0. The molecule has 6 nitrogen and oxygen atoms in total. The molecule has 1 heterocycles. The minimum Gasteiger partial charge on any atom is -0.497 e. The number of methoxy groups -OCH3 is 2. The largest absolute Gasteiger partial charge is 0.497 e. The van der Waals surface area contributed by atoms with E-state index >= 15 is 0 Å². The molecule has 25 heavy (non-hydrogen) atoms. The van der Waals surface area contributed by atoms with Gasteiger partial charge in [0.05, 0.1) is 26.7 Å². The van der Waals surface area contributed by atoms with E-state index in [-0.39, 0.29) is 18.3 Å². The molecule has 0 bridgehead atoms. The molecule has 132 valence electrons. The molecule has 0 radical (unpaired) electrons. The molecule has 1 N–H and O–H groups in total. The molecule has 0 saturated heterocycles. The van der Waals surface area contributed by atoms with Gasteiger partial charge < -0.3 is 14.8 Å². The van der Waals surface area contributed by atoms with Gasteiger partial charge >= 0.3 is 5.97 Å². The molecule has 0 fully saturated rings. The van der Waals surface area contributed by atoms with Crippen LogP contribution < -0.4 is 10.1 Å². The average Bonchev–Trinajstić information content (AvgIpc) is 2.66. The predicted molar refractivity (Wildman–Crippen MR) is 93.1 cm³/mol. The van der Waals surface area contributed by atoms with Crippen LogP contribution in [0.5, 0.6) is 5.75 Å². The van der Waals surface area contributed by atoms with Crippen LogP contribution in [0.15, 0.2) is 48.8 Å². The zero-order valence-electron chi connectivity index (χ0n) is 14.4. The second-order valence-electron chi connectivity index (χ2n) is 5.53. The summed E-state index contributed by atoms with van der Waals surface area (Å²) in [6.07, 6.45) is 4.41. The van der Waals surface area contributed by atoms with Gasteiger partial charge in [0.25, 0.3) is 0 Å². The van der Waals surface area contributed by atoms with E-state index in [1.807, 2.05) is 24.3 Å². The van der Waals surface area contributed by atoms with Crippen molar-refractivity contribution in [3.05, 3.63) is 59.9 Å². The molecule has 1 unspecified atom stereocenters. The number of benzene rings is 1. The van der Waals surface area contributed by atoms with Crippen molar-refractivity contribution in [2.24, 2.45) is 0 Å². The van der Waals surface area contributed by atoms with Crippen molar-refractivity contribution in [2.75, 3.05) is 14.2 Å². The Morgan fingerprint density at radius 1 is 1.16 bits per heavy atom. The number of carbonyl (C=O) groups is 2. The lowest BCUT2D eigenvalue weighted by molar-refractivity contribution is -0.141. The Bertz CT molecular complexity index is 686. The van der Waals surface area contributed by atoms with Crippen LogP contribution in [0.2, 0.25) is 0 Å². The number of aromatic nitrogens is 1. The number of hydrogen-bond donors (Lipinski definition) is 1. The first-order valence-corrected chi connectivity index (χ1v) is 8.01. The molecule has 1 amide bonds. The fourth-order valence-electron chi connectivity index (χ4n) is 2.41. The first kappa shape index (κ1) is 18.4. The first-order valence-electron chi connectivity index (χ1n) is 8.01. The highest BCUT2D eigenvalue weighted by molar-refractivity contribution is 5.78. The Balaban J connectivity index is 2.01. The summed E-state index contributed by atoms with van der Waals surface area (Å²) in [5.41, 5.74) is 1.81. The van der Waals surface area contributed by atoms with Crippen molar-refractivity contribution in [1.29, 1.82) is 0 Å². The van der Waals surface area contributed by atoms with Gasteiger partial charge in [-0.3, -0.25) is 14.6 Å². The minimum atomic E-state index is -0.445. The van der Waals surface area contributed by atoms with Crippen LogP contribution in [-0.4, -0.2) is 31.1 Å². The highest BCUT2D eigenvalue weighted by Gasteiger charge is 2.19. The summed E-state index contributed by atoms with van der Waals surface area (Å²) in [5, 5.41) is 2.91. The Morgan fingerprint density at radius 2 is 1.92 bits per heavy atom. The van der Waals surface area contributed by atoms with Gasteiger partial charge in [-0.15, -0.1) is 0 Å². The SMILES string of the molecule is COC(=O)CC(NC(=O)CCc1cccnc1)c1ccc(OC)cc1. The molecule has 0 aliphatic rings. The molecule has 0 saturated carbocycles. The molecule has 0 aliphatic carbocycles. The monoisotopic (exact) mass is 342 g/mol. The Kier molecular flexibility index (Phi) is 6.95. The van der Waals surface area contributed by atoms with Crippen molar-refractivity contribution in [2.45, 2.75) is 25.3 Å². The predicted octanol–water partition coefficient (Wildman–Crippen LogP) is 2.44. The van der Waals surface area contributed by atoms with Gasteiger partial charge in [-0.1, -0.05) is 18.2 Å². The Morgan fingerprint density at radius 3 is 2.52 bits per heavy atom. The van der Waals surface area contributed by atoms with Gasteiger partial charge in [0.1, 0.15) is 5.75 Å². The highest BCUT2D eigenvalue weighted by Crippen LogP contribution is 2.21. The smallest absolute Gasteiger partial charge is 0.307 e. The molecule has 1 atom stereocenters. The van der Waals surface area contributed by atoms with Crippen LogP contribution in [0.25, 0.3) is 0 Å². The minimum absolute atomic E-state index is 0.0709. The van der Waals surface area contributed by atoms with Gasteiger partial charge in [0, 0.05) is 18.8 Å². The van der Waals surface area contributed by atoms with Gasteiger partial charge in [-0.05, 0) is 35.7 Å². The summed E-state index contributed by atoms with van der Waals surface area (Å²) >= 11 is 0. The van der Waals surface area contributed by atoms with Crippen LogP contribution in [-0.2, 0) is 20.7 Å². The maximum absolute atomic E-state index is 12.3. The van der Waals surface area contributed by atoms with Crippen LogP contribution in [0.1, 0.15) is 30.0 Å². The number of amides is 1. The fraction of sp³-hybridized carbons (Fsp3) is 0.316. The number of carbonyl (C=O) groups excluding carboxylic acids is 2. The van der Waals surface area contributed by atoms with Crippen LogP contribution >= 0.6 is 0 Å². The Labute approximate surface area is 147 Å². The molecule has 6 heteroatoms. The molecule has 0 aliphatic heterocycles. The van der Waals surface area contributed by atoms with Gasteiger partial charge in [0.15, 0.2) is 0 Å². The summed E-state index contributed by atoms with van der Waals surface area (Å²) in [5.74, 6) is 0.199. The number of esters is 1. The van der Waals surface area contributed by atoms with Crippen LogP contribution in [0, 0.1) is 0 Å². The standard InChI is InChI=1S/C19H22N2O4/c1-24-16-8-6-15(7-9-16)17(12-19(23)25-2)21-18(22)10-5-14-4-3-11-20-13-14/h3-4,6-9,11,13,17H,5,10,12H2,1-2H3,(H,21,22). The van der Waals surface area contributed by atoms with E-state index in [9.17, 15) is 9.59 Å². The van der Waals surface area contributed by atoms with Crippen molar-refractivity contribution in [1.82, 2.24) is 10.3 Å². The Hall–Kier alpha value is -2.89. The second kappa shape index (κ2) is 9.42. The number of nitrogens with one attached hydrogen (secondary N) is 1. The molecule has 0 spiro atoms. The lowest BCUT2D eigenvalue weighted by Gasteiger charge is -2.18. The third kappa shape index (κ3) is 5.91. The van der Waals surface area contributed by atoms with Crippen LogP contribution in [0.4, 0.5) is 0 Å². The summed E-state index contributed by atoms with van der Waals surface area (Å²) in [6, 6.07) is 10.6. The summed E-state index contributed by atoms with van der Waals surface area (Å²) in [6.45, 7) is 0. The molecule has 2 aromatic rings. The maximum Gasteiger partial charge on any atom is 0.307 e. The van der Waals surface area contributed by atoms with E-state index < -0.39 is 6.04 Å². The maximum atomic E-state index is 12.3. The van der Waals surface area contributed by atoms with Crippen molar-refractivity contribution >= 4 is 11.9 Å². The van der Waals surface area contributed by atoms with E-state index in [0.29, 0.717) is 18.6 Å². The fourth-order valence-corrected chi connectivity index (χ4v) is 2.41. The number of nitrogens with zero attached hydrogens (tertiary/aromatic N) is 1. The van der Waals surface area contributed by atoms with Gasteiger partial charge in [0.2, 0.25) is 5.91 Å². The molecule has 2 rings (SSSR count). The normalized spacial score (nSPS) is 11.4. The molecular weight excluding hydrogens is 320 g/mol. The number of hydrogen-bond acceptors (Lipinski definition) is 5. The third-order valence-electron chi connectivity index (χ3n) is 3.82. The zero-order valence-corrected chi connectivity index (χ0v) is 14.4. The summed E-state index contributed by atoms with van der Waals surface area (Å²) < 4.78 is 9.87. The lowest BCUT2D eigenvalue weighted by Crippen LogP contribution is -2.30. The summed E-state index contributed by atoms with van der Waals surface area (Å²) in [4.78, 5) is 28.0. The van der Waals surface area contributed by atoms with Crippen molar-refractivity contribution in [3.8, 4) is 5.75 Å². The quantitative estimate of drug-likeness (QED) is 0.746. The van der Waals surface area contributed by atoms with Gasteiger partial charge in [-0.25, -0.2) is 0 Å². The first-order chi connectivity index (χ1) is 12.1. The number of rotatable bonds is 8. The average molecular weight is 342 g/mol. The van der Waals surface area contributed by atoms with E-state index in [2.05, 4.69) is 10.3 Å². The topological polar surface area (TPSA) is 77.5 Å². The second-order valence-corrected chi connectivity index (χ2v) is 5.53. The van der Waals surface area contributed by atoms with E-state index in [4.69, 9.17) is 9.47 Å². The number of pyridine rings is 1. The molecule has 1 aromatic carbocycles. The zero-order chi connectivity index (χ0) is 18.1. The molecular formula is C19H22N2O4. The number of aryl methyl sites for hydroxylation is 1. The van der Waals surface area contributed by atoms with Gasteiger partial charge in [-0.2, -0.15) is 0 Å². The number of ether oxygens (including phenoxy) is 2. The van der Waals surface area contributed by atoms with E-state index in [1.165, 1.54) is 7.11 Å². The van der Waals surface area contributed by atoms with Crippen molar-refractivity contribution < 1.29 is 19.1 Å². The van der Waals surface area contributed by atoms with E-state index in [0.717, 1.165) is 11.1 Å². The third-order valence-corrected chi connectivity index (χ3v) is 3.82. The van der Waals surface area contributed by atoms with E-state index in [1.54, 1.807) is 31.6 Å². The summed E-state index contributed by atoms with van der Waals surface area (Å²) in [7, 11) is 2.92. The van der Waals surface area contributed by atoms with Crippen molar-refractivity contribution in [3.63, 3.8) is 0 Å². The highest BCUT2D eigenvalue weighted by atomic mass is 16.5.